The summed E-state index contributed by atoms with van der Waals surface area (Å²) in [4.78, 5) is 12.9. The van der Waals surface area contributed by atoms with Crippen molar-refractivity contribution in [1.29, 1.82) is 0 Å². The molecule has 0 saturated heterocycles. The first-order valence-electron chi connectivity index (χ1n) is 21.3. The quantitative estimate of drug-likeness (QED) is 0.0791. The van der Waals surface area contributed by atoms with E-state index in [1.807, 2.05) is 61.6 Å². The standard InChI is InChI=1S/C22H26ClN5O2.C22H24ClN5O.C2H5I.HI/c1-28(13-16-12-17(23)7-10-19(16)24)14-21-26-27-22(30-21)15-5-8-18(9-6-15)29-20-4-2-3-11-25-20;1-27-13-16-12-17(23)7-10-19(16)28-20(14-27)25-26-22(28)15-5-8-18(9-6-15)29-21-4-2-3-11-24-21;1-2-3;/h2-4,7,10-12,15,18H,5-6,8-9,13-14,24H2,1H3;2-4,7,10-12,15,18H,5-6,8-9,13-14H2,1H3;2H2,1H3;1H. The fourth-order valence-electron chi connectivity index (χ4n) is 8.27. The molecule has 63 heavy (non-hydrogen) atoms. The summed E-state index contributed by atoms with van der Waals surface area (Å²) in [5, 5.41) is 19.2. The van der Waals surface area contributed by atoms with Gasteiger partial charge < -0.3 is 19.6 Å². The number of aromatic nitrogens is 7. The first-order chi connectivity index (χ1) is 30.1. The largest absolute Gasteiger partial charge is 0.474 e. The number of nitrogen functional groups attached to an aromatic ring is 1. The van der Waals surface area contributed by atoms with Gasteiger partial charge in [0.25, 0.3) is 0 Å². The first-order valence-corrected chi connectivity index (χ1v) is 23.6. The number of hydrogen-bond acceptors (Lipinski definition) is 12. The molecular weight excluding hydrogens is 1070 g/mol. The zero-order chi connectivity index (χ0) is 43.4. The van der Waals surface area contributed by atoms with Gasteiger partial charge in [0.15, 0.2) is 5.82 Å². The van der Waals surface area contributed by atoms with E-state index in [0.717, 1.165) is 104 Å². The predicted octanol–water partition coefficient (Wildman–Crippen LogP) is 10.9. The second-order valence-electron chi connectivity index (χ2n) is 16.1. The summed E-state index contributed by atoms with van der Waals surface area (Å²) >= 11 is 14.6. The average molecular weight is 1120 g/mol. The van der Waals surface area contributed by atoms with Gasteiger partial charge in [-0.2, -0.15) is 0 Å². The Morgan fingerprint density at radius 3 is 1.98 bits per heavy atom. The second-order valence-corrected chi connectivity index (χ2v) is 18.5. The lowest BCUT2D eigenvalue weighted by molar-refractivity contribution is 0.135. The third-order valence-electron chi connectivity index (χ3n) is 11.2. The molecule has 2 fully saturated rings. The fraction of sp³-hybridized carbons (Fsp3) is 0.435. The number of halogens is 4. The van der Waals surface area contributed by atoms with Crippen LogP contribution in [-0.4, -0.2) is 75.5 Å². The molecule has 9 rings (SSSR count). The van der Waals surface area contributed by atoms with Crippen LogP contribution in [-0.2, 0) is 26.2 Å². The van der Waals surface area contributed by atoms with E-state index in [1.165, 1.54) is 9.99 Å². The second kappa shape index (κ2) is 24.1. The molecule has 0 bridgehead atoms. The minimum Gasteiger partial charge on any atom is -0.474 e. The van der Waals surface area contributed by atoms with Gasteiger partial charge in [0.1, 0.15) is 18.0 Å². The van der Waals surface area contributed by atoms with Gasteiger partial charge in [0, 0.05) is 65.2 Å². The van der Waals surface area contributed by atoms with Gasteiger partial charge in [0.05, 0.1) is 18.8 Å². The van der Waals surface area contributed by atoms with Crippen molar-refractivity contribution in [3.05, 3.63) is 130 Å². The van der Waals surface area contributed by atoms with Crippen molar-refractivity contribution in [3.63, 3.8) is 0 Å². The zero-order valence-electron chi connectivity index (χ0n) is 36.0. The lowest BCUT2D eigenvalue weighted by Gasteiger charge is -2.28. The summed E-state index contributed by atoms with van der Waals surface area (Å²) in [6.45, 7) is 4.94. The van der Waals surface area contributed by atoms with E-state index in [-0.39, 0.29) is 42.1 Å². The maximum absolute atomic E-state index is 6.27. The molecule has 4 aromatic heterocycles. The molecule has 2 aromatic carbocycles. The van der Waals surface area contributed by atoms with Gasteiger partial charge in [-0.05, 0) is 130 Å². The van der Waals surface area contributed by atoms with Crippen LogP contribution >= 0.6 is 69.8 Å². The van der Waals surface area contributed by atoms with E-state index in [0.29, 0.717) is 41.7 Å². The molecule has 0 atom stereocenters. The maximum atomic E-state index is 6.27. The molecule has 0 spiro atoms. The molecule has 0 unspecified atom stereocenters. The molecule has 0 radical (unpaired) electrons. The summed E-state index contributed by atoms with van der Waals surface area (Å²) in [6.07, 6.45) is 11.8. The van der Waals surface area contributed by atoms with Crippen LogP contribution in [0, 0.1) is 0 Å². The predicted molar refractivity (Wildman–Crippen MR) is 267 cm³/mol. The maximum Gasteiger partial charge on any atom is 0.230 e. The third kappa shape index (κ3) is 13.7. The number of ether oxygens (including phenoxy) is 2. The van der Waals surface area contributed by atoms with E-state index in [1.54, 1.807) is 18.5 Å². The zero-order valence-corrected chi connectivity index (χ0v) is 42.0. The van der Waals surface area contributed by atoms with Crippen molar-refractivity contribution in [3.8, 4) is 17.4 Å². The van der Waals surface area contributed by atoms with Crippen molar-refractivity contribution in [2.45, 2.75) is 109 Å². The Bertz CT molecular complexity index is 2310. The molecule has 336 valence electrons. The number of hydrogen-bond donors (Lipinski definition) is 1. The number of anilines is 1. The number of nitrogens with two attached hydrogens (primary N) is 1. The van der Waals surface area contributed by atoms with Gasteiger partial charge in [-0.3, -0.25) is 14.4 Å². The Morgan fingerprint density at radius 2 is 1.37 bits per heavy atom. The van der Waals surface area contributed by atoms with E-state index in [4.69, 9.17) is 42.8 Å². The summed E-state index contributed by atoms with van der Waals surface area (Å²) in [5.74, 6) is 5.45. The van der Waals surface area contributed by atoms with Crippen LogP contribution < -0.4 is 15.2 Å². The highest BCUT2D eigenvalue weighted by Gasteiger charge is 2.31. The average Bonchev–Trinajstić information content (AvgIpc) is 3.88. The van der Waals surface area contributed by atoms with Gasteiger partial charge in [-0.1, -0.05) is 64.8 Å². The number of nitrogens with zero attached hydrogens (tertiary/aromatic N) is 9. The molecular formula is C46H56Cl2I2N10O3. The Hall–Kier alpha value is -3.62. The lowest BCUT2D eigenvalue weighted by Crippen LogP contribution is -2.25. The summed E-state index contributed by atoms with van der Waals surface area (Å²) in [7, 11) is 4.10. The molecule has 1 aliphatic heterocycles. The van der Waals surface area contributed by atoms with Crippen LogP contribution in [0.3, 0.4) is 0 Å². The molecule has 13 nitrogen and oxygen atoms in total. The molecule has 5 heterocycles. The Labute approximate surface area is 411 Å². The van der Waals surface area contributed by atoms with Crippen LogP contribution in [0.4, 0.5) is 5.69 Å². The minimum absolute atomic E-state index is 0. The van der Waals surface area contributed by atoms with Crippen molar-refractivity contribution in [2.24, 2.45) is 0 Å². The number of rotatable bonds is 10. The molecule has 2 aliphatic carbocycles. The van der Waals surface area contributed by atoms with E-state index in [2.05, 4.69) is 93.4 Å². The van der Waals surface area contributed by atoms with E-state index >= 15 is 0 Å². The van der Waals surface area contributed by atoms with Crippen LogP contribution in [0.1, 0.15) is 105 Å². The van der Waals surface area contributed by atoms with Crippen molar-refractivity contribution in [2.75, 3.05) is 24.3 Å². The molecule has 6 aromatic rings. The summed E-state index contributed by atoms with van der Waals surface area (Å²) in [6, 6.07) is 23.1. The normalized spacial score (nSPS) is 19.5. The first kappa shape index (κ1) is 48.8. The molecule has 0 amide bonds. The number of fused-ring (bicyclic) bond motifs is 3. The highest BCUT2D eigenvalue weighted by Crippen LogP contribution is 2.37. The fourth-order valence-corrected chi connectivity index (χ4v) is 8.66. The van der Waals surface area contributed by atoms with Crippen LogP contribution in [0.15, 0.2) is 89.6 Å². The lowest BCUT2D eigenvalue weighted by atomic mass is 9.86. The number of alkyl halides is 1. The SMILES string of the molecule is CCI.CN(Cc1nnc(C2CCC(Oc3ccccn3)CC2)o1)Cc1cc(Cl)ccc1N.CN1Cc2cc(Cl)ccc2-n2c(nnc2C2CCC(Oc3ccccn3)CC2)C1.I. The Kier molecular flexibility index (Phi) is 18.6. The Morgan fingerprint density at radius 1 is 0.762 bits per heavy atom. The summed E-state index contributed by atoms with van der Waals surface area (Å²) < 4.78 is 21.5. The van der Waals surface area contributed by atoms with Crippen molar-refractivity contribution >= 4 is 75.5 Å². The van der Waals surface area contributed by atoms with Gasteiger partial charge in [0.2, 0.25) is 23.5 Å². The Balaban J connectivity index is 0.000000195. The van der Waals surface area contributed by atoms with Crippen molar-refractivity contribution in [1.82, 2.24) is 44.7 Å². The van der Waals surface area contributed by atoms with Crippen molar-refractivity contribution < 1.29 is 13.9 Å². The van der Waals surface area contributed by atoms with E-state index < -0.39 is 0 Å². The molecule has 3 aliphatic rings. The molecule has 2 N–H and O–H groups in total. The van der Waals surface area contributed by atoms with Gasteiger partial charge >= 0.3 is 0 Å². The van der Waals surface area contributed by atoms with Gasteiger partial charge in [-0.25, -0.2) is 9.97 Å². The van der Waals surface area contributed by atoms with Crippen LogP contribution in [0.5, 0.6) is 11.8 Å². The monoisotopic (exact) mass is 1120 g/mol. The summed E-state index contributed by atoms with van der Waals surface area (Å²) in [5.41, 5.74) is 10.1. The molecule has 17 heteroatoms. The smallest absolute Gasteiger partial charge is 0.230 e. The van der Waals surface area contributed by atoms with E-state index in [9.17, 15) is 0 Å². The van der Waals surface area contributed by atoms with Crippen LogP contribution in [0.2, 0.25) is 10.0 Å². The number of benzene rings is 2. The third-order valence-corrected chi connectivity index (χ3v) is 11.7. The number of pyridine rings is 2. The minimum atomic E-state index is 0. The highest BCUT2D eigenvalue weighted by molar-refractivity contribution is 14.1. The van der Waals surface area contributed by atoms with Crippen LogP contribution in [0.25, 0.3) is 5.69 Å². The topological polar surface area (TPSA) is 146 Å². The highest BCUT2D eigenvalue weighted by atomic mass is 127. The van der Waals surface area contributed by atoms with Gasteiger partial charge in [-0.15, -0.1) is 44.4 Å². The molecule has 2 saturated carbocycles.